The van der Waals surface area contributed by atoms with Gasteiger partial charge in [-0.05, 0) is 47.1 Å². The van der Waals surface area contributed by atoms with Gasteiger partial charge in [0.05, 0.1) is 9.26 Å². The molecule has 0 saturated carbocycles. The molecule has 0 bridgehead atoms. The molecule has 0 radical (unpaired) electrons. The summed E-state index contributed by atoms with van der Waals surface area (Å²) in [5.74, 6) is 1.10. The quantitative estimate of drug-likeness (QED) is 0.745. The Kier molecular flexibility index (Phi) is 4.78. The van der Waals surface area contributed by atoms with Crippen molar-refractivity contribution in [1.82, 2.24) is 9.97 Å². The number of halogens is 2. The predicted octanol–water partition coefficient (Wildman–Crippen LogP) is 4.00. The number of aromatic amines is 1. The zero-order valence-electron chi connectivity index (χ0n) is 10.7. The first-order chi connectivity index (χ1) is 8.97. The fraction of sp³-hybridized carbons (Fsp3) is 0.286. The lowest BCUT2D eigenvalue weighted by atomic mass is 10.1. The highest BCUT2D eigenvalue weighted by atomic mass is 127. The highest BCUT2D eigenvalue weighted by molar-refractivity contribution is 14.1. The topological polar surface area (TPSA) is 45.8 Å². The van der Waals surface area contributed by atoms with Gasteiger partial charge in [0.2, 0.25) is 0 Å². The molecule has 0 aliphatic rings. The predicted molar refractivity (Wildman–Crippen MR) is 89.3 cm³/mol. The van der Waals surface area contributed by atoms with Gasteiger partial charge in [0.1, 0.15) is 5.82 Å². The molecule has 1 aromatic carbocycles. The third-order valence-electron chi connectivity index (χ3n) is 2.63. The van der Waals surface area contributed by atoms with Crippen LogP contribution in [0.2, 0.25) is 0 Å². The fourth-order valence-electron chi connectivity index (χ4n) is 1.80. The van der Waals surface area contributed by atoms with Crippen molar-refractivity contribution in [2.45, 2.75) is 20.3 Å². The van der Waals surface area contributed by atoms with E-state index < -0.39 is 0 Å². The maximum absolute atomic E-state index is 12.0. The van der Waals surface area contributed by atoms with Crippen LogP contribution in [0.25, 0.3) is 11.4 Å². The third kappa shape index (κ3) is 3.66. The highest BCUT2D eigenvalue weighted by Gasteiger charge is 2.11. The molecule has 100 valence electrons. The average molecular weight is 433 g/mol. The number of hydrogen-bond donors (Lipinski definition) is 1. The van der Waals surface area contributed by atoms with Gasteiger partial charge in [0, 0.05) is 10.0 Å². The van der Waals surface area contributed by atoms with Crippen LogP contribution in [-0.4, -0.2) is 9.97 Å². The van der Waals surface area contributed by atoms with E-state index in [1.807, 2.05) is 24.3 Å². The summed E-state index contributed by atoms with van der Waals surface area (Å²) < 4.78 is 1.65. The summed E-state index contributed by atoms with van der Waals surface area (Å²) in [6, 6.07) is 7.77. The molecule has 0 aliphatic heterocycles. The van der Waals surface area contributed by atoms with Crippen LogP contribution >= 0.6 is 38.5 Å². The maximum Gasteiger partial charge on any atom is 0.264 e. The molecule has 0 unspecified atom stereocenters. The molecule has 0 saturated heterocycles. The zero-order chi connectivity index (χ0) is 14.0. The van der Waals surface area contributed by atoms with E-state index in [0.29, 0.717) is 15.3 Å². The van der Waals surface area contributed by atoms with E-state index in [1.54, 1.807) is 0 Å². The number of hydrogen-bond acceptors (Lipinski definition) is 2. The van der Waals surface area contributed by atoms with E-state index in [1.165, 1.54) is 0 Å². The Bertz CT molecular complexity index is 652. The largest absolute Gasteiger partial charge is 0.306 e. The van der Waals surface area contributed by atoms with Crippen molar-refractivity contribution in [2.24, 2.45) is 5.92 Å². The van der Waals surface area contributed by atoms with Crippen LogP contribution in [0, 0.1) is 9.49 Å². The summed E-state index contributed by atoms with van der Waals surface area (Å²) in [5, 5.41) is 0. The molecule has 1 heterocycles. The van der Waals surface area contributed by atoms with Crippen molar-refractivity contribution >= 4 is 38.5 Å². The summed E-state index contributed by atoms with van der Waals surface area (Å²) in [7, 11) is 0. The van der Waals surface area contributed by atoms with Crippen molar-refractivity contribution in [1.29, 1.82) is 0 Å². The van der Waals surface area contributed by atoms with Gasteiger partial charge in [0.25, 0.3) is 5.56 Å². The number of benzene rings is 1. The standard InChI is InChI=1S/C14H14BrIN2O/c1-8(2)6-11-12(16)14(19)18-13(17-11)9-4-3-5-10(15)7-9/h3-5,7-8H,6H2,1-2H3,(H,17,18,19). The first-order valence-corrected chi connectivity index (χ1v) is 7.89. The Balaban J connectivity index is 2.53. The van der Waals surface area contributed by atoms with Gasteiger partial charge < -0.3 is 4.98 Å². The first-order valence-electron chi connectivity index (χ1n) is 6.02. The van der Waals surface area contributed by atoms with Gasteiger partial charge in [-0.15, -0.1) is 0 Å². The summed E-state index contributed by atoms with van der Waals surface area (Å²) >= 11 is 5.50. The Morgan fingerprint density at radius 3 is 2.79 bits per heavy atom. The maximum atomic E-state index is 12.0. The lowest BCUT2D eigenvalue weighted by molar-refractivity contribution is 0.631. The van der Waals surface area contributed by atoms with Crippen LogP contribution in [0.15, 0.2) is 33.5 Å². The molecule has 0 atom stereocenters. The normalized spacial score (nSPS) is 11.0. The number of nitrogens with one attached hydrogen (secondary N) is 1. The van der Waals surface area contributed by atoms with Crippen LogP contribution < -0.4 is 5.56 Å². The van der Waals surface area contributed by atoms with Crippen molar-refractivity contribution in [3.05, 3.63) is 48.4 Å². The van der Waals surface area contributed by atoms with Crippen LogP contribution in [-0.2, 0) is 6.42 Å². The van der Waals surface area contributed by atoms with Crippen LogP contribution in [0.5, 0.6) is 0 Å². The van der Waals surface area contributed by atoms with Gasteiger partial charge in [-0.1, -0.05) is 41.9 Å². The second kappa shape index (κ2) is 6.17. The third-order valence-corrected chi connectivity index (χ3v) is 4.24. The SMILES string of the molecule is CC(C)Cc1nc(-c2cccc(Br)c2)[nH]c(=O)c1I. The number of nitrogens with zero attached hydrogens (tertiary/aromatic N) is 1. The van der Waals surface area contributed by atoms with Crippen LogP contribution in [0.1, 0.15) is 19.5 Å². The van der Waals surface area contributed by atoms with Gasteiger partial charge in [-0.3, -0.25) is 4.79 Å². The van der Waals surface area contributed by atoms with Gasteiger partial charge >= 0.3 is 0 Å². The van der Waals surface area contributed by atoms with Crippen molar-refractivity contribution in [2.75, 3.05) is 0 Å². The number of H-pyrrole nitrogens is 1. The number of rotatable bonds is 3. The van der Waals surface area contributed by atoms with E-state index in [0.717, 1.165) is 22.2 Å². The lowest BCUT2D eigenvalue weighted by Crippen LogP contribution is -2.17. The van der Waals surface area contributed by atoms with E-state index in [2.05, 4.69) is 62.3 Å². The molecule has 1 aromatic heterocycles. The molecule has 0 aliphatic carbocycles. The Labute approximate surface area is 134 Å². The molecule has 0 spiro atoms. The minimum absolute atomic E-state index is 0.0683. The molecular formula is C14H14BrIN2O. The second-order valence-electron chi connectivity index (χ2n) is 4.78. The van der Waals surface area contributed by atoms with Crippen molar-refractivity contribution in [3.63, 3.8) is 0 Å². The van der Waals surface area contributed by atoms with Crippen LogP contribution in [0.4, 0.5) is 0 Å². The Morgan fingerprint density at radius 1 is 1.42 bits per heavy atom. The Morgan fingerprint density at radius 2 is 2.16 bits per heavy atom. The summed E-state index contributed by atoms with van der Waals surface area (Å²) in [4.78, 5) is 19.4. The molecule has 0 amide bonds. The van der Waals surface area contributed by atoms with Crippen molar-refractivity contribution in [3.8, 4) is 11.4 Å². The Hall–Kier alpha value is -0.690. The van der Waals surface area contributed by atoms with Gasteiger partial charge in [-0.2, -0.15) is 0 Å². The smallest absolute Gasteiger partial charge is 0.264 e. The first kappa shape index (κ1) is 14.7. The number of aromatic nitrogens is 2. The molecule has 2 aromatic rings. The fourth-order valence-corrected chi connectivity index (χ4v) is 2.67. The molecule has 1 N–H and O–H groups in total. The van der Waals surface area contributed by atoms with Crippen LogP contribution in [0.3, 0.4) is 0 Å². The second-order valence-corrected chi connectivity index (χ2v) is 6.78. The average Bonchev–Trinajstić information content (AvgIpc) is 2.34. The minimum atomic E-state index is -0.0683. The minimum Gasteiger partial charge on any atom is -0.306 e. The van der Waals surface area contributed by atoms with Gasteiger partial charge in [-0.25, -0.2) is 4.98 Å². The molecule has 5 heteroatoms. The van der Waals surface area contributed by atoms with Crippen molar-refractivity contribution < 1.29 is 0 Å². The summed E-state index contributed by atoms with van der Waals surface area (Å²) in [6.07, 6.45) is 0.809. The molecule has 2 rings (SSSR count). The van der Waals surface area contributed by atoms with E-state index in [9.17, 15) is 4.79 Å². The van der Waals surface area contributed by atoms with E-state index in [-0.39, 0.29) is 5.56 Å². The highest BCUT2D eigenvalue weighted by Crippen LogP contribution is 2.20. The van der Waals surface area contributed by atoms with Gasteiger partial charge in [0.15, 0.2) is 0 Å². The monoisotopic (exact) mass is 432 g/mol. The van der Waals surface area contributed by atoms with E-state index >= 15 is 0 Å². The summed E-state index contributed by atoms with van der Waals surface area (Å²) in [6.45, 7) is 4.25. The summed E-state index contributed by atoms with van der Waals surface area (Å²) in [5.41, 5.74) is 1.71. The van der Waals surface area contributed by atoms with E-state index in [4.69, 9.17) is 0 Å². The lowest BCUT2D eigenvalue weighted by Gasteiger charge is -2.09. The molecule has 19 heavy (non-hydrogen) atoms. The zero-order valence-corrected chi connectivity index (χ0v) is 14.4. The molecule has 3 nitrogen and oxygen atoms in total. The molecule has 0 fully saturated rings. The molecular weight excluding hydrogens is 419 g/mol.